The molecule has 0 aliphatic carbocycles. The third-order valence-electron chi connectivity index (χ3n) is 5.10. The standard InChI is InChI=1S/C22H39NO4Si/c1-21(2,3)26-20(25)23-19(17-13-10-9-11-14-17)18(15-12-16-24)27-28(7,8)22(4,5)6/h9-11,13-14,18-19,24H,12,15-16H2,1-8H3,(H,23,25)/t18?,19-/m0/s1. The summed E-state index contributed by atoms with van der Waals surface area (Å²) in [6.07, 6.45) is 0.550. The largest absolute Gasteiger partial charge is 0.444 e. The minimum atomic E-state index is -2.09. The van der Waals surface area contributed by atoms with Gasteiger partial charge in [0.1, 0.15) is 5.60 Å². The van der Waals surface area contributed by atoms with E-state index in [1.54, 1.807) is 0 Å². The summed E-state index contributed by atoms with van der Waals surface area (Å²) < 4.78 is 12.2. The van der Waals surface area contributed by atoms with Crippen LogP contribution >= 0.6 is 0 Å². The number of carbonyl (C=O) groups excluding carboxylic acids is 1. The fraction of sp³-hybridized carbons (Fsp3) is 0.682. The van der Waals surface area contributed by atoms with Crippen molar-refractivity contribution in [2.75, 3.05) is 6.61 Å². The lowest BCUT2D eigenvalue weighted by atomic mass is 9.98. The molecule has 0 aromatic heterocycles. The summed E-state index contributed by atoms with van der Waals surface area (Å²) in [7, 11) is -2.09. The first kappa shape index (κ1) is 24.7. The number of ether oxygens (including phenoxy) is 1. The number of alkyl carbamates (subject to hydrolysis) is 1. The Hall–Kier alpha value is -1.37. The van der Waals surface area contributed by atoms with Gasteiger partial charge in [-0.05, 0) is 57.3 Å². The van der Waals surface area contributed by atoms with E-state index in [4.69, 9.17) is 9.16 Å². The van der Waals surface area contributed by atoms with Crippen molar-refractivity contribution in [2.45, 2.75) is 90.3 Å². The van der Waals surface area contributed by atoms with E-state index in [9.17, 15) is 9.90 Å². The fourth-order valence-electron chi connectivity index (χ4n) is 2.63. The van der Waals surface area contributed by atoms with Crippen LogP contribution in [0.1, 0.15) is 66.0 Å². The zero-order valence-corrected chi connectivity index (χ0v) is 19.8. The molecule has 0 saturated heterocycles. The van der Waals surface area contributed by atoms with Crippen molar-refractivity contribution >= 4 is 14.4 Å². The van der Waals surface area contributed by atoms with Gasteiger partial charge in [0.15, 0.2) is 8.32 Å². The SMILES string of the molecule is CC(C)(C)OC(=O)N[C@@H](c1ccccc1)C(CCCO)O[Si](C)(C)C(C)(C)C. The molecule has 160 valence electrons. The van der Waals surface area contributed by atoms with E-state index < -0.39 is 20.0 Å². The quantitative estimate of drug-likeness (QED) is 0.563. The van der Waals surface area contributed by atoms with Crippen LogP contribution < -0.4 is 5.32 Å². The Kier molecular flexibility index (Phi) is 8.72. The average molecular weight is 410 g/mol. The molecule has 6 heteroatoms. The molecule has 2 N–H and O–H groups in total. The maximum Gasteiger partial charge on any atom is 0.408 e. The van der Waals surface area contributed by atoms with E-state index in [0.29, 0.717) is 12.8 Å². The van der Waals surface area contributed by atoms with Gasteiger partial charge in [0.2, 0.25) is 0 Å². The van der Waals surface area contributed by atoms with Gasteiger partial charge in [-0.1, -0.05) is 51.1 Å². The van der Waals surface area contributed by atoms with E-state index >= 15 is 0 Å². The molecule has 0 bridgehead atoms. The number of aliphatic hydroxyl groups excluding tert-OH is 1. The van der Waals surface area contributed by atoms with E-state index in [-0.39, 0.29) is 23.8 Å². The van der Waals surface area contributed by atoms with Gasteiger partial charge in [-0.3, -0.25) is 0 Å². The summed E-state index contributed by atoms with van der Waals surface area (Å²) in [5, 5.41) is 12.5. The molecule has 1 aromatic carbocycles. The number of nitrogens with one attached hydrogen (secondary N) is 1. The second kappa shape index (κ2) is 9.90. The van der Waals surface area contributed by atoms with Gasteiger partial charge in [0, 0.05) is 6.61 Å². The number of amides is 1. The predicted molar refractivity (Wildman–Crippen MR) is 117 cm³/mol. The zero-order valence-electron chi connectivity index (χ0n) is 18.8. The lowest BCUT2D eigenvalue weighted by Gasteiger charge is -2.42. The summed E-state index contributed by atoms with van der Waals surface area (Å²) in [5.74, 6) is 0. The Balaban J connectivity index is 3.21. The van der Waals surface area contributed by atoms with Crippen molar-refractivity contribution in [1.82, 2.24) is 5.32 Å². The Bertz CT molecular complexity index is 605. The molecule has 1 amide bonds. The van der Waals surface area contributed by atoms with Crippen LogP contribution in [0.2, 0.25) is 18.1 Å². The lowest BCUT2D eigenvalue weighted by molar-refractivity contribution is 0.0418. The highest BCUT2D eigenvalue weighted by molar-refractivity contribution is 6.74. The first-order valence-corrected chi connectivity index (χ1v) is 13.0. The molecule has 0 aliphatic rings. The zero-order chi connectivity index (χ0) is 21.6. The van der Waals surface area contributed by atoms with Crippen LogP contribution in [0.15, 0.2) is 30.3 Å². The Morgan fingerprint density at radius 3 is 2.14 bits per heavy atom. The second-order valence-corrected chi connectivity index (χ2v) is 14.6. The van der Waals surface area contributed by atoms with Crippen LogP contribution in [0.3, 0.4) is 0 Å². The van der Waals surface area contributed by atoms with Crippen molar-refractivity contribution in [3.63, 3.8) is 0 Å². The van der Waals surface area contributed by atoms with Crippen molar-refractivity contribution < 1.29 is 19.1 Å². The van der Waals surface area contributed by atoms with Gasteiger partial charge in [0.25, 0.3) is 0 Å². The molecule has 1 aromatic rings. The lowest BCUT2D eigenvalue weighted by Crippen LogP contribution is -2.49. The Labute approximate surface area is 172 Å². The van der Waals surface area contributed by atoms with Crippen LogP contribution in [-0.2, 0) is 9.16 Å². The minimum Gasteiger partial charge on any atom is -0.444 e. The van der Waals surface area contributed by atoms with Crippen LogP contribution in [-0.4, -0.2) is 37.8 Å². The van der Waals surface area contributed by atoms with Gasteiger partial charge in [-0.25, -0.2) is 4.79 Å². The van der Waals surface area contributed by atoms with Crippen LogP contribution in [0.25, 0.3) is 0 Å². The highest BCUT2D eigenvalue weighted by Crippen LogP contribution is 2.39. The molecule has 0 fully saturated rings. The molecular formula is C22H39NO4Si. The number of hydrogen-bond acceptors (Lipinski definition) is 4. The summed E-state index contributed by atoms with van der Waals surface area (Å²) in [5.41, 5.74) is 0.390. The minimum absolute atomic E-state index is 0.0393. The maximum atomic E-state index is 12.6. The summed E-state index contributed by atoms with van der Waals surface area (Å²) in [4.78, 5) is 12.6. The van der Waals surface area contributed by atoms with Gasteiger partial charge < -0.3 is 19.6 Å². The summed E-state index contributed by atoms with van der Waals surface area (Å²) in [6, 6.07) is 9.48. The van der Waals surface area contributed by atoms with E-state index in [2.05, 4.69) is 39.2 Å². The molecular weight excluding hydrogens is 370 g/mol. The van der Waals surface area contributed by atoms with Crippen molar-refractivity contribution in [3.8, 4) is 0 Å². The normalized spacial score (nSPS) is 15.0. The monoisotopic (exact) mass is 409 g/mol. The molecule has 0 saturated carbocycles. The maximum absolute atomic E-state index is 12.6. The van der Waals surface area contributed by atoms with Gasteiger partial charge in [-0.2, -0.15) is 0 Å². The van der Waals surface area contributed by atoms with Crippen molar-refractivity contribution in [3.05, 3.63) is 35.9 Å². The molecule has 2 atom stereocenters. The predicted octanol–water partition coefficient (Wildman–Crippen LogP) is 5.42. The van der Waals surface area contributed by atoms with Crippen LogP contribution in [0.5, 0.6) is 0 Å². The molecule has 0 aliphatic heterocycles. The highest BCUT2D eigenvalue weighted by atomic mass is 28.4. The number of rotatable bonds is 8. The second-order valence-electron chi connectivity index (χ2n) is 9.82. The Morgan fingerprint density at radius 1 is 1.11 bits per heavy atom. The number of benzene rings is 1. The molecule has 5 nitrogen and oxygen atoms in total. The summed E-state index contributed by atoms with van der Waals surface area (Å²) >= 11 is 0. The van der Waals surface area contributed by atoms with E-state index in [0.717, 1.165) is 5.56 Å². The molecule has 1 rings (SSSR count). The van der Waals surface area contributed by atoms with Crippen LogP contribution in [0, 0.1) is 0 Å². The van der Waals surface area contributed by atoms with Gasteiger partial charge in [0.05, 0.1) is 12.1 Å². The van der Waals surface area contributed by atoms with Crippen LogP contribution in [0.4, 0.5) is 4.79 Å². The Morgan fingerprint density at radius 2 is 1.68 bits per heavy atom. The topological polar surface area (TPSA) is 67.8 Å². The smallest absolute Gasteiger partial charge is 0.408 e. The third-order valence-corrected chi connectivity index (χ3v) is 9.61. The average Bonchev–Trinajstić information content (AvgIpc) is 2.54. The molecule has 0 spiro atoms. The first-order chi connectivity index (χ1) is 12.8. The first-order valence-electron chi connectivity index (χ1n) is 10.1. The molecule has 28 heavy (non-hydrogen) atoms. The molecule has 1 unspecified atom stereocenters. The fourth-order valence-corrected chi connectivity index (χ4v) is 3.99. The summed E-state index contributed by atoms with van der Waals surface area (Å²) in [6.45, 7) is 16.6. The number of hydrogen-bond donors (Lipinski definition) is 2. The van der Waals surface area contributed by atoms with E-state index in [1.165, 1.54) is 0 Å². The highest BCUT2D eigenvalue weighted by Gasteiger charge is 2.41. The number of carbonyl (C=O) groups is 1. The third kappa shape index (κ3) is 7.93. The van der Waals surface area contributed by atoms with Crippen molar-refractivity contribution in [1.29, 1.82) is 0 Å². The molecule has 0 radical (unpaired) electrons. The number of aliphatic hydroxyl groups is 1. The van der Waals surface area contributed by atoms with Gasteiger partial charge >= 0.3 is 6.09 Å². The van der Waals surface area contributed by atoms with E-state index in [1.807, 2.05) is 51.1 Å². The van der Waals surface area contributed by atoms with Crippen molar-refractivity contribution in [2.24, 2.45) is 0 Å². The van der Waals surface area contributed by atoms with Gasteiger partial charge in [-0.15, -0.1) is 0 Å². The molecule has 0 heterocycles.